The number of likely N-dealkylation sites (tertiary alicyclic amines) is 2. The summed E-state index contributed by atoms with van der Waals surface area (Å²) in [6.07, 6.45) is 2.25. The maximum atomic E-state index is 12.0. The van der Waals surface area contributed by atoms with Crippen LogP contribution in [0.3, 0.4) is 0 Å². The van der Waals surface area contributed by atoms with Gasteiger partial charge in [-0.1, -0.05) is 0 Å². The second kappa shape index (κ2) is 9.16. The van der Waals surface area contributed by atoms with Gasteiger partial charge in [0.2, 0.25) is 29.5 Å². The van der Waals surface area contributed by atoms with Crippen LogP contribution in [0.1, 0.15) is 25.7 Å². The average molecular weight is 367 g/mol. The molecule has 2 fully saturated rings. The summed E-state index contributed by atoms with van der Waals surface area (Å²) in [6, 6.07) is 0. The van der Waals surface area contributed by atoms with Crippen molar-refractivity contribution in [3.63, 3.8) is 0 Å². The Morgan fingerprint density at radius 3 is 2.23 bits per heavy atom. The van der Waals surface area contributed by atoms with Crippen molar-refractivity contribution in [1.29, 1.82) is 0 Å². The molecule has 0 bridgehead atoms. The lowest BCUT2D eigenvalue weighted by atomic mass is 9.96. The summed E-state index contributed by atoms with van der Waals surface area (Å²) in [5.74, 6) is -1.74. The highest BCUT2D eigenvalue weighted by atomic mass is 16.2. The van der Waals surface area contributed by atoms with Crippen molar-refractivity contribution in [3.8, 4) is 0 Å². The molecule has 2 aliphatic rings. The lowest BCUT2D eigenvalue weighted by molar-refractivity contribution is -0.136. The first-order chi connectivity index (χ1) is 12.4. The zero-order valence-corrected chi connectivity index (χ0v) is 14.7. The van der Waals surface area contributed by atoms with E-state index in [4.69, 9.17) is 5.73 Å². The Labute approximate surface area is 151 Å². The van der Waals surface area contributed by atoms with Gasteiger partial charge in [-0.05, 0) is 19.3 Å². The standard InChI is InChI=1S/C16H25N5O5/c17-16(26)11-3-6-20(7-4-11)15(25)9-19-12(22)8-18-13(23)10-21-5-1-2-14(21)24/h11H,1-10H2,(H2,17,26)(H,18,23)(H,19,22). The van der Waals surface area contributed by atoms with Gasteiger partial charge in [0.25, 0.3) is 0 Å². The third-order valence-electron chi connectivity index (χ3n) is 4.64. The maximum absolute atomic E-state index is 12.0. The zero-order chi connectivity index (χ0) is 19.1. The summed E-state index contributed by atoms with van der Waals surface area (Å²) >= 11 is 0. The average Bonchev–Trinajstić information content (AvgIpc) is 3.02. The molecule has 2 heterocycles. The molecule has 10 heteroatoms. The summed E-state index contributed by atoms with van der Waals surface area (Å²) in [6.45, 7) is 0.948. The summed E-state index contributed by atoms with van der Waals surface area (Å²) in [5, 5.41) is 4.88. The van der Waals surface area contributed by atoms with Gasteiger partial charge in [0, 0.05) is 32.0 Å². The van der Waals surface area contributed by atoms with Crippen molar-refractivity contribution in [3.05, 3.63) is 0 Å². The summed E-state index contributed by atoms with van der Waals surface area (Å²) in [5.41, 5.74) is 5.25. The molecule has 26 heavy (non-hydrogen) atoms. The number of nitrogens with one attached hydrogen (secondary N) is 2. The van der Waals surface area contributed by atoms with E-state index in [0.717, 1.165) is 6.42 Å². The fourth-order valence-electron chi connectivity index (χ4n) is 3.04. The number of rotatable bonds is 7. The lowest BCUT2D eigenvalue weighted by Crippen LogP contribution is -2.47. The molecule has 2 saturated heterocycles. The first-order valence-corrected chi connectivity index (χ1v) is 8.75. The molecular weight excluding hydrogens is 342 g/mol. The van der Waals surface area contributed by atoms with E-state index in [0.29, 0.717) is 38.9 Å². The second-order valence-corrected chi connectivity index (χ2v) is 6.53. The number of amides is 5. The molecule has 0 unspecified atom stereocenters. The molecule has 2 rings (SSSR count). The monoisotopic (exact) mass is 367 g/mol. The number of nitrogens with zero attached hydrogens (tertiary/aromatic N) is 2. The van der Waals surface area contributed by atoms with Gasteiger partial charge < -0.3 is 26.2 Å². The third kappa shape index (κ3) is 5.71. The fraction of sp³-hybridized carbons (Fsp3) is 0.688. The lowest BCUT2D eigenvalue weighted by Gasteiger charge is -2.30. The number of hydrogen-bond donors (Lipinski definition) is 3. The van der Waals surface area contributed by atoms with Crippen molar-refractivity contribution in [2.24, 2.45) is 11.7 Å². The highest BCUT2D eigenvalue weighted by Crippen LogP contribution is 2.16. The Balaban J connectivity index is 1.61. The van der Waals surface area contributed by atoms with Crippen molar-refractivity contribution in [2.45, 2.75) is 25.7 Å². The van der Waals surface area contributed by atoms with Crippen LogP contribution in [0.25, 0.3) is 0 Å². The van der Waals surface area contributed by atoms with E-state index in [-0.39, 0.29) is 43.3 Å². The Morgan fingerprint density at radius 1 is 1.00 bits per heavy atom. The SMILES string of the molecule is NC(=O)C1CCN(C(=O)CNC(=O)CNC(=O)CN2CCCC2=O)CC1. The maximum Gasteiger partial charge on any atom is 0.241 e. The first kappa shape index (κ1) is 19.7. The Kier molecular flexibility index (Phi) is 6.93. The van der Waals surface area contributed by atoms with Gasteiger partial charge in [-0.3, -0.25) is 24.0 Å². The molecule has 0 saturated carbocycles. The molecule has 0 aromatic rings. The molecule has 10 nitrogen and oxygen atoms in total. The van der Waals surface area contributed by atoms with Gasteiger partial charge in [-0.25, -0.2) is 0 Å². The van der Waals surface area contributed by atoms with Crippen molar-refractivity contribution >= 4 is 29.5 Å². The predicted molar refractivity (Wildman–Crippen MR) is 90.3 cm³/mol. The van der Waals surface area contributed by atoms with E-state index < -0.39 is 11.8 Å². The Morgan fingerprint density at radius 2 is 1.65 bits per heavy atom. The minimum Gasteiger partial charge on any atom is -0.369 e. The molecule has 0 aromatic carbocycles. The fourth-order valence-corrected chi connectivity index (χ4v) is 3.04. The molecule has 0 atom stereocenters. The molecule has 4 N–H and O–H groups in total. The minimum atomic E-state index is -0.480. The van der Waals surface area contributed by atoms with Crippen LogP contribution in [-0.4, -0.2) is 78.6 Å². The number of carbonyl (C=O) groups excluding carboxylic acids is 5. The molecule has 5 amide bonds. The van der Waals surface area contributed by atoms with Crippen LogP contribution >= 0.6 is 0 Å². The summed E-state index contributed by atoms with van der Waals surface area (Å²) in [4.78, 5) is 61.1. The van der Waals surface area contributed by atoms with Crippen LogP contribution < -0.4 is 16.4 Å². The topological polar surface area (TPSA) is 142 Å². The van der Waals surface area contributed by atoms with Crippen LogP contribution in [0.5, 0.6) is 0 Å². The van der Waals surface area contributed by atoms with Crippen LogP contribution in [0.2, 0.25) is 0 Å². The van der Waals surface area contributed by atoms with E-state index in [1.165, 1.54) is 4.90 Å². The highest BCUT2D eigenvalue weighted by Gasteiger charge is 2.26. The summed E-state index contributed by atoms with van der Waals surface area (Å²) in [7, 11) is 0. The number of primary amides is 1. The number of piperidine rings is 1. The Bertz CT molecular complexity index is 586. The van der Waals surface area contributed by atoms with Gasteiger partial charge in [-0.2, -0.15) is 0 Å². The molecule has 144 valence electrons. The van der Waals surface area contributed by atoms with E-state index in [9.17, 15) is 24.0 Å². The van der Waals surface area contributed by atoms with Gasteiger partial charge in [0.15, 0.2) is 0 Å². The molecule has 0 spiro atoms. The van der Waals surface area contributed by atoms with Gasteiger partial charge >= 0.3 is 0 Å². The molecule has 0 radical (unpaired) electrons. The molecular formula is C16H25N5O5. The van der Waals surface area contributed by atoms with Crippen LogP contribution in [0.4, 0.5) is 0 Å². The van der Waals surface area contributed by atoms with Crippen molar-refractivity contribution < 1.29 is 24.0 Å². The van der Waals surface area contributed by atoms with E-state index in [2.05, 4.69) is 10.6 Å². The van der Waals surface area contributed by atoms with Gasteiger partial charge in [0.1, 0.15) is 0 Å². The van der Waals surface area contributed by atoms with E-state index >= 15 is 0 Å². The van der Waals surface area contributed by atoms with Crippen LogP contribution in [-0.2, 0) is 24.0 Å². The quantitative estimate of drug-likeness (QED) is 0.458. The van der Waals surface area contributed by atoms with Crippen molar-refractivity contribution in [1.82, 2.24) is 20.4 Å². The van der Waals surface area contributed by atoms with Gasteiger partial charge in [-0.15, -0.1) is 0 Å². The largest absolute Gasteiger partial charge is 0.369 e. The highest BCUT2D eigenvalue weighted by molar-refractivity contribution is 5.90. The third-order valence-corrected chi connectivity index (χ3v) is 4.64. The number of hydrogen-bond acceptors (Lipinski definition) is 5. The van der Waals surface area contributed by atoms with E-state index in [1.807, 2.05) is 0 Å². The molecule has 0 aromatic heterocycles. The first-order valence-electron chi connectivity index (χ1n) is 8.75. The van der Waals surface area contributed by atoms with Crippen LogP contribution in [0, 0.1) is 5.92 Å². The Hall–Kier alpha value is -2.65. The zero-order valence-electron chi connectivity index (χ0n) is 14.7. The second-order valence-electron chi connectivity index (χ2n) is 6.53. The number of carbonyl (C=O) groups is 5. The van der Waals surface area contributed by atoms with Crippen LogP contribution in [0.15, 0.2) is 0 Å². The smallest absolute Gasteiger partial charge is 0.241 e. The molecule has 0 aliphatic carbocycles. The minimum absolute atomic E-state index is 0.0557. The predicted octanol–water partition coefficient (Wildman–Crippen LogP) is -2.43. The van der Waals surface area contributed by atoms with E-state index in [1.54, 1.807) is 4.90 Å². The van der Waals surface area contributed by atoms with Crippen molar-refractivity contribution in [2.75, 3.05) is 39.3 Å². The normalized spacial score (nSPS) is 17.9. The van der Waals surface area contributed by atoms with Gasteiger partial charge in [0.05, 0.1) is 19.6 Å². The summed E-state index contributed by atoms with van der Waals surface area (Å²) < 4.78 is 0. The molecule has 2 aliphatic heterocycles. The number of nitrogens with two attached hydrogens (primary N) is 1.